The Hall–Kier alpha value is -3.43. The van der Waals surface area contributed by atoms with Gasteiger partial charge in [-0.2, -0.15) is 0 Å². The predicted octanol–water partition coefficient (Wildman–Crippen LogP) is 4.25. The van der Waals surface area contributed by atoms with Crippen LogP contribution in [0, 0.1) is 0 Å². The van der Waals surface area contributed by atoms with Crippen LogP contribution in [0.2, 0.25) is 5.02 Å². The van der Waals surface area contributed by atoms with Crippen molar-refractivity contribution in [3.8, 4) is 28.3 Å². The van der Waals surface area contributed by atoms with Gasteiger partial charge in [-0.15, -0.1) is 0 Å². The van der Waals surface area contributed by atoms with E-state index in [2.05, 4.69) is 14.7 Å². The lowest BCUT2D eigenvalue weighted by atomic mass is 10.0. The number of hydrogen-bond donors (Lipinski definition) is 2. The number of fused-ring (bicyclic) bond motifs is 1. The molecule has 0 saturated heterocycles. The molecule has 2 heterocycles. The van der Waals surface area contributed by atoms with E-state index in [0.29, 0.717) is 50.0 Å². The molecule has 10 heteroatoms. The number of pyridine rings is 1. The van der Waals surface area contributed by atoms with E-state index in [1.165, 1.54) is 13.2 Å². The van der Waals surface area contributed by atoms with Crippen LogP contribution in [-0.2, 0) is 16.4 Å². The number of aromatic nitrogens is 3. The van der Waals surface area contributed by atoms with Crippen LogP contribution < -0.4 is 15.0 Å². The van der Waals surface area contributed by atoms with Gasteiger partial charge >= 0.3 is 0 Å². The first-order chi connectivity index (χ1) is 15.7. The summed E-state index contributed by atoms with van der Waals surface area (Å²) < 4.78 is 30.4. The Bertz CT molecular complexity index is 1530. The van der Waals surface area contributed by atoms with Crippen molar-refractivity contribution >= 4 is 38.3 Å². The lowest BCUT2D eigenvalue weighted by molar-refractivity contribution is 0.397. The van der Waals surface area contributed by atoms with E-state index in [1.54, 1.807) is 30.5 Å². The summed E-state index contributed by atoms with van der Waals surface area (Å²) in [6, 6.07) is 12.1. The Balaban J connectivity index is 1.84. The molecule has 2 N–H and O–H groups in total. The highest BCUT2D eigenvalue weighted by Gasteiger charge is 2.15. The molecule has 0 bridgehead atoms. The Labute approximate surface area is 195 Å². The molecule has 2 aromatic carbocycles. The van der Waals surface area contributed by atoms with Crippen LogP contribution >= 0.6 is 11.6 Å². The van der Waals surface area contributed by atoms with Crippen molar-refractivity contribution in [1.29, 1.82) is 0 Å². The summed E-state index contributed by atoms with van der Waals surface area (Å²) >= 11 is 6.42. The number of rotatable bonds is 6. The van der Waals surface area contributed by atoms with Crippen molar-refractivity contribution in [2.75, 3.05) is 18.1 Å². The van der Waals surface area contributed by atoms with Crippen LogP contribution in [0.15, 0.2) is 53.5 Å². The number of H-pyrrole nitrogens is 1. The van der Waals surface area contributed by atoms with Gasteiger partial charge in [0, 0.05) is 22.4 Å². The van der Waals surface area contributed by atoms with Gasteiger partial charge in [0.05, 0.1) is 41.3 Å². The molecule has 4 aromatic rings. The molecule has 2 aromatic heterocycles. The molecular formula is C23H21ClN4O4S. The molecule has 0 fully saturated rings. The molecule has 0 amide bonds. The highest BCUT2D eigenvalue weighted by Crippen LogP contribution is 2.32. The van der Waals surface area contributed by atoms with Gasteiger partial charge in [-0.3, -0.25) is 19.5 Å². The Morgan fingerprint density at radius 2 is 1.85 bits per heavy atom. The van der Waals surface area contributed by atoms with E-state index in [1.807, 2.05) is 19.1 Å². The fourth-order valence-corrected chi connectivity index (χ4v) is 4.34. The first-order valence-electron chi connectivity index (χ1n) is 10.0. The average Bonchev–Trinajstić information content (AvgIpc) is 2.77. The largest absolute Gasteiger partial charge is 0.482 e. The molecular weight excluding hydrogens is 464 g/mol. The second-order valence-corrected chi connectivity index (χ2v) is 9.61. The zero-order valence-corrected chi connectivity index (χ0v) is 19.7. The van der Waals surface area contributed by atoms with E-state index in [0.717, 1.165) is 18.2 Å². The van der Waals surface area contributed by atoms with Crippen molar-refractivity contribution in [3.63, 3.8) is 0 Å². The third-order valence-corrected chi connectivity index (χ3v) is 5.97. The molecule has 0 aliphatic rings. The van der Waals surface area contributed by atoms with E-state index >= 15 is 0 Å². The summed E-state index contributed by atoms with van der Waals surface area (Å²) in [5, 5.41) is 0.329. The third kappa shape index (κ3) is 4.84. The number of methoxy groups -OCH3 is 1. The number of nitrogens with one attached hydrogen (secondary N) is 2. The van der Waals surface area contributed by atoms with E-state index < -0.39 is 10.0 Å². The molecule has 8 nitrogen and oxygen atoms in total. The van der Waals surface area contributed by atoms with Gasteiger partial charge in [-0.1, -0.05) is 18.5 Å². The lowest BCUT2D eigenvalue weighted by Gasteiger charge is -2.11. The number of aromatic amines is 1. The topological polar surface area (TPSA) is 114 Å². The SMILES string of the molecule is CCc1cc(-c2ccc(OC)[nH]c2=O)c2ncc(-c3ccc(NS(C)(=O)=O)cc3Cl)nc2c1. The van der Waals surface area contributed by atoms with E-state index in [4.69, 9.17) is 21.3 Å². The van der Waals surface area contributed by atoms with Crippen molar-refractivity contribution in [2.45, 2.75) is 13.3 Å². The maximum Gasteiger partial charge on any atom is 0.258 e. The maximum atomic E-state index is 12.7. The molecule has 0 unspecified atom stereocenters. The maximum absolute atomic E-state index is 12.7. The lowest BCUT2D eigenvalue weighted by Crippen LogP contribution is -2.10. The Kier molecular flexibility index (Phi) is 6.09. The van der Waals surface area contributed by atoms with Crippen LogP contribution in [0.5, 0.6) is 5.88 Å². The van der Waals surface area contributed by atoms with Gasteiger partial charge in [0.2, 0.25) is 10.0 Å². The molecule has 0 atom stereocenters. The van der Waals surface area contributed by atoms with Gasteiger partial charge in [-0.25, -0.2) is 13.4 Å². The molecule has 0 aliphatic carbocycles. The molecule has 170 valence electrons. The molecule has 33 heavy (non-hydrogen) atoms. The van der Waals surface area contributed by atoms with Crippen LogP contribution in [-0.4, -0.2) is 36.7 Å². The van der Waals surface area contributed by atoms with Gasteiger partial charge in [0.25, 0.3) is 5.56 Å². The van der Waals surface area contributed by atoms with E-state index in [-0.39, 0.29) is 5.56 Å². The number of halogens is 1. The van der Waals surface area contributed by atoms with Gasteiger partial charge < -0.3 is 4.74 Å². The van der Waals surface area contributed by atoms with Crippen LogP contribution in [0.25, 0.3) is 33.4 Å². The third-order valence-electron chi connectivity index (χ3n) is 5.06. The first-order valence-corrected chi connectivity index (χ1v) is 12.3. The minimum Gasteiger partial charge on any atom is -0.482 e. The monoisotopic (exact) mass is 484 g/mol. The van der Waals surface area contributed by atoms with Crippen LogP contribution in [0.1, 0.15) is 12.5 Å². The van der Waals surface area contributed by atoms with Crippen molar-refractivity contribution in [1.82, 2.24) is 15.0 Å². The van der Waals surface area contributed by atoms with Crippen LogP contribution in [0.3, 0.4) is 0 Å². The van der Waals surface area contributed by atoms with Gasteiger partial charge in [0.15, 0.2) is 5.88 Å². The predicted molar refractivity (Wildman–Crippen MR) is 130 cm³/mol. The highest BCUT2D eigenvalue weighted by molar-refractivity contribution is 7.92. The number of benzene rings is 2. The number of nitrogens with zero attached hydrogens (tertiary/aromatic N) is 2. The smallest absolute Gasteiger partial charge is 0.258 e. The second kappa shape index (κ2) is 8.84. The first kappa shape index (κ1) is 22.8. The molecule has 4 rings (SSSR count). The van der Waals surface area contributed by atoms with Gasteiger partial charge in [0.1, 0.15) is 0 Å². The minimum atomic E-state index is -3.42. The summed E-state index contributed by atoms with van der Waals surface area (Å²) in [7, 11) is -1.93. The molecule has 0 saturated carbocycles. The summed E-state index contributed by atoms with van der Waals surface area (Å²) in [6.07, 6.45) is 3.40. The molecule has 0 aliphatic heterocycles. The number of aryl methyl sites for hydroxylation is 1. The minimum absolute atomic E-state index is 0.285. The zero-order valence-electron chi connectivity index (χ0n) is 18.1. The number of sulfonamides is 1. The fourth-order valence-electron chi connectivity index (χ4n) is 3.51. The van der Waals surface area contributed by atoms with Crippen molar-refractivity contribution < 1.29 is 13.2 Å². The molecule has 0 radical (unpaired) electrons. The molecule has 0 spiro atoms. The summed E-state index contributed by atoms with van der Waals surface area (Å²) in [4.78, 5) is 24.7. The normalized spacial score (nSPS) is 11.5. The van der Waals surface area contributed by atoms with E-state index in [9.17, 15) is 13.2 Å². The summed E-state index contributed by atoms with van der Waals surface area (Å²) in [6.45, 7) is 2.02. The number of anilines is 1. The number of hydrogen-bond acceptors (Lipinski definition) is 6. The standard InChI is InChI=1S/C23H21ClN4O4S/c1-4-13-9-17(15-7-8-21(32-2)27-23(15)29)22-19(10-13)26-20(12-25-22)16-6-5-14(11-18(16)24)28-33(3,30)31/h5-12,28H,4H2,1-3H3,(H,27,29). The quantitative estimate of drug-likeness (QED) is 0.423. The number of ether oxygens (including phenoxy) is 1. The van der Waals surface area contributed by atoms with Crippen molar-refractivity contribution in [3.05, 3.63) is 69.6 Å². The fraction of sp³-hybridized carbons (Fsp3) is 0.174. The highest BCUT2D eigenvalue weighted by atomic mass is 35.5. The Morgan fingerprint density at radius 1 is 1.09 bits per heavy atom. The zero-order chi connectivity index (χ0) is 23.8. The summed E-state index contributed by atoms with van der Waals surface area (Å²) in [5.41, 5.74) is 4.54. The Morgan fingerprint density at radius 3 is 2.48 bits per heavy atom. The van der Waals surface area contributed by atoms with Gasteiger partial charge in [-0.05, 0) is 54.4 Å². The second-order valence-electron chi connectivity index (χ2n) is 7.46. The average molecular weight is 485 g/mol. The van der Waals surface area contributed by atoms with Crippen LogP contribution in [0.4, 0.5) is 5.69 Å². The summed E-state index contributed by atoms with van der Waals surface area (Å²) in [5.74, 6) is 0.372. The van der Waals surface area contributed by atoms with Crippen molar-refractivity contribution in [2.24, 2.45) is 0 Å².